The van der Waals surface area contributed by atoms with Gasteiger partial charge in [0.25, 0.3) is 0 Å². The maximum absolute atomic E-state index is 8.98. The second-order valence-electron chi connectivity index (χ2n) is 4.81. The van der Waals surface area contributed by atoms with Gasteiger partial charge in [0, 0.05) is 20.2 Å². The number of benzene rings is 1. The van der Waals surface area contributed by atoms with Crippen LogP contribution in [0.1, 0.15) is 18.4 Å². The van der Waals surface area contributed by atoms with Gasteiger partial charge in [0.2, 0.25) is 0 Å². The molecular weight excluding hydrogens is 226 g/mol. The summed E-state index contributed by atoms with van der Waals surface area (Å²) >= 11 is 0. The first-order valence-corrected chi connectivity index (χ1v) is 6.30. The third kappa shape index (κ3) is 2.74. The summed E-state index contributed by atoms with van der Waals surface area (Å²) in [5.41, 5.74) is 8.04. The fourth-order valence-electron chi connectivity index (χ4n) is 2.42. The Hall–Kier alpha value is -1.73. The molecule has 1 saturated heterocycles. The largest absolute Gasteiger partial charge is 0.396 e. The predicted molar refractivity (Wildman–Crippen MR) is 72.4 cm³/mol. The van der Waals surface area contributed by atoms with Gasteiger partial charge in [-0.3, -0.25) is 0 Å². The number of nitrogens with two attached hydrogens (primary N) is 1. The summed E-state index contributed by atoms with van der Waals surface area (Å²) in [4.78, 5) is 2.12. The van der Waals surface area contributed by atoms with Crippen molar-refractivity contribution in [2.45, 2.75) is 12.8 Å². The van der Waals surface area contributed by atoms with Gasteiger partial charge in [-0.25, -0.2) is 0 Å². The molecule has 1 atom stereocenters. The summed E-state index contributed by atoms with van der Waals surface area (Å²) in [7, 11) is 2.02. The lowest BCUT2D eigenvalue weighted by molar-refractivity contribution is 0.0576. The first kappa shape index (κ1) is 12.7. The van der Waals surface area contributed by atoms with Crippen LogP contribution in [0.5, 0.6) is 0 Å². The number of ether oxygens (including phenoxy) is 1. The molecule has 18 heavy (non-hydrogen) atoms. The Kier molecular flexibility index (Phi) is 4.06. The highest BCUT2D eigenvalue weighted by atomic mass is 16.5. The number of hydrogen-bond acceptors (Lipinski definition) is 4. The van der Waals surface area contributed by atoms with Crippen molar-refractivity contribution >= 4 is 11.4 Å². The zero-order valence-corrected chi connectivity index (χ0v) is 10.7. The lowest BCUT2D eigenvalue weighted by Gasteiger charge is -2.29. The maximum Gasteiger partial charge on any atom is 0.101 e. The van der Waals surface area contributed by atoms with Gasteiger partial charge in [-0.2, -0.15) is 5.26 Å². The topological polar surface area (TPSA) is 62.3 Å². The second-order valence-corrected chi connectivity index (χ2v) is 4.81. The van der Waals surface area contributed by atoms with E-state index < -0.39 is 0 Å². The molecule has 4 nitrogen and oxygen atoms in total. The van der Waals surface area contributed by atoms with Crippen LogP contribution in [0.15, 0.2) is 18.2 Å². The van der Waals surface area contributed by atoms with Crippen molar-refractivity contribution in [1.29, 1.82) is 5.26 Å². The van der Waals surface area contributed by atoms with Crippen LogP contribution in [0.25, 0.3) is 0 Å². The summed E-state index contributed by atoms with van der Waals surface area (Å²) < 4.78 is 5.48. The average Bonchev–Trinajstić information content (AvgIpc) is 2.40. The summed E-state index contributed by atoms with van der Waals surface area (Å²) in [6, 6.07) is 7.70. The van der Waals surface area contributed by atoms with Crippen molar-refractivity contribution in [2.75, 3.05) is 37.4 Å². The summed E-state index contributed by atoms with van der Waals surface area (Å²) in [6.45, 7) is 2.62. The Balaban J connectivity index is 2.08. The Morgan fingerprint density at radius 3 is 3.06 bits per heavy atom. The maximum atomic E-state index is 8.98. The highest BCUT2D eigenvalue weighted by Gasteiger charge is 2.17. The van der Waals surface area contributed by atoms with Crippen LogP contribution < -0.4 is 10.6 Å². The van der Waals surface area contributed by atoms with Crippen LogP contribution in [0.2, 0.25) is 0 Å². The smallest absolute Gasteiger partial charge is 0.101 e. The first-order valence-electron chi connectivity index (χ1n) is 6.30. The van der Waals surface area contributed by atoms with E-state index in [4.69, 9.17) is 15.7 Å². The van der Waals surface area contributed by atoms with Gasteiger partial charge in [0.15, 0.2) is 0 Å². The van der Waals surface area contributed by atoms with E-state index in [0.29, 0.717) is 17.2 Å². The third-order valence-electron chi connectivity index (χ3n) is 3.40. The Morgan fingerprint density at radius 1 is 1.56 bits per heavy atom. The molecule has 2 N–H and O–H groups in total. The van der Waals surface area contributed by atoms with Crippen molar-refractivity contribution in [3.05, 3.63) is 23.8 Å². The minimum absolute atomic E-state index is 0.541. The van der Waals surface area contributed by atoms with Crippen LogP contribution in [0.3, 0.4) is 0 Å². The Morgan fingerprint density at radius 2 is 2.39 bits per heavy atom. The van der Waals surface area contributed by atoms with Gasteiger partial charge in [-0.15, -0.1) is 0 Å². The standard InChI is InChI=1S/C14H19N3O/c1-17(9-11-4-3-7-18-10-11)13-6-2-5-12(8-15)14(13)16/h2,5-6,11H,3-4,7,9-10,16H2,1H3. The number of nitrogens with zero attached hydrogens (tertiary/aromatic N) is 2. The van der Waals surface area contributed by atoms with E-state index in [0.717, 1.165) is 31.9 Å². The van der Waals surface area contributed by atoms with Crippen LogP contribution in [0, 0.1) is 17.2 Å². The molecule has 0 radical (unpaired) electrons. The molecule has 1 aromatic rings. The highest BCUT2D eigenvalue weighted by Crippen LogP contribution is 2.27. The molecule has 0 bridgehead atoms. The molecule has 1 heterocycles. The van der Waals surface area contributed by atoms with Crippen molar-refractivity contribution in [2.24, 2.45) is 5.92 Å². The highest BCUT2D eigenvalue weighted by molar-refractivity contribution is 5.73. The van der Waals surface area contributed by atoms with Gasteiger partial charge in [0.05, 0.1) is 23.5 Å². The quantitative estimate of drug-likeness (QED) is 0.827. The van der Waals surface area contributed by atoms with Gasteiger partial charge < -0.3 is 15.4 Å². The number of hydrogen-bond donors (Lipinski definition) is 1. The zero-order valence-electron chi connectivity index (χ0n) is 10.7. The number of anilines is 2. The number of nitrogen functional groups attached to an aromatic ring is 1. The van der Waals surface area contributed by atoms with E-state index in [1.807, 2.05) is 19.2 Å². The molecule has 4 heteroatoms. The van der Waals surface area contributed by atoms with E-state index in [9.17, 15) is 0 Å². The van der Waals surface area contributed by atoms with Gasteiger partial charge in [-0.1, -0.05) is 6.07 Å². The van der Waals surface area contributed by atoms with Crippen LogP contribution in [-0.2, 0) is 4.74 Å². The number of nitriles is 1. The average molecular weight is 245 g/mol. The van der Waals surface area contributed by atoms with Crippen LogP contribution in [0.4, 0.5) is 11.4 Å². The van der Waals surface area contributed by atoms with Gasteiger partial charge >= 0.3 is 0 Å². The molecule has 1 aliphatic rings. The zero-order chi connectivity index (χ0) is 13.0. The second kappa shape index (κ2) is 5.74. The van der Waals surface area contributed by atoms with Crippen molar-refractivity contribution in [3.8, 4) is 6.07 Å². The molecule has 0 spiro atoms. The molecular formula is C14H19N3O. The van der Waals surface area contributed by atoms with E-state index in [-0.39, 0.29) is 0 Å². The Bertz CT molecular complexity index is 447. The molecule has 1 unspecified atom stereocenters. The third-order valence-corrected chi connectivity index (χ3v) is 3.40. The Labute approximate surface area is 108 Å². The number of rotatable bonds is 3. The molecule has 1 fully saturated rings. The lowest BCUT2D eigenvalue weighted by atomic mass is 10.0. The molecule has 0 amide bonds. The van der Waals surface area contributed by atoms with Gasteiger partial charge in [0.1, 0.15) is 6.07 Å². The molecule has 1 aliphatic heterocycles. The minimum atomic E-state index is 0.541. The lowest BCUT2D eigenvalue weighted by Crippen LogP contribution is -2.31. The summed E-state index contributed by atoms with van der Waals surface area (Å²) in [6.07, 6.45) is 2.33. The fourth-order valence-corrected chi connectivity index (χ4v) is 2.42. The molecule has 96 valence electrons. The first-order chi connectivity index (χ1) is 8.72. The van der Waals surface area contributed by atoms with Crippen LogP contribution >= 0.6 is 0 Å². The van der Waals surface area contributed by atoms with E-state index in [1.165, 1.54) is 6.42 Å². The summed E-state index contributed by atoms with van der Waals surface area (Å²) in [5.74, 6) is 0.550. The molecule has 0 saturated carbocycles. The monoisotopic (exact) mass is 245 g/mol. The molecule has 0 aromatic heterocycles. The van der Waals surface area contributed by atoms with Crippen LogP contribution in [-0.4, -0.2) is 26.8 Å². The van der Waals surface area contributed by atoms with E-state index in [2.05, 4.69) is 11.0 Å². The van der Waals surface area contributed by atoms with E-state index >= 15 is 0 Å². The summed E-state index contributed by atoms with van der Waals surface area (Å²) in [5, 5.41) is 8.98. The molecule has 1 aromatic carbocycles. The minimum Gasteiger partial charge on any atom is -0.396 e. The fraction of sp³-hybridized carbons (Fsp3) is 0.500. The molecule has 2 rings (SSSR count). The number of para-hydroxylation sites is 1. The van der Waals surface area contributed by atoms with Crippen molar-refractivity contribution in [3.63, 3.8) is 0 Å². The SMILES string of the molecule is CN(CC1CCCOC1)c1cccc(C#N)c1N. The van der Waals surface area contributed by atoms with Crippen molar-refractivity contribution in [1.82, 2.24) is 0 Å². The normalized spacial score (nSPS) is 19.2. The van der Waals surface area contributed by atoms with E-state index in [1.54, 1.807) is 6.07 Å². The van der Waals surface area contributed by atoms with Crippen molar-refractivity contribution < 1.29 is 4.74 Å². The predicted octanol–water partition coefficient (Wildman–Crippen LogP) is 2.00. The molecule has 0 aliphatic carbocycles. The van der Waals surface area contributed by atoms with Gasteiger partial charge in [-0.05, 0) is 30.9 Å².